The first kappa shape index (κ1) is 49.5. The van der Waals surface area contributed by atoms with Gasteiger partial charge in [-0.3, -0.25) is 9.59 Å². The summed E-state index contributed by atoms with van der Waals surface area (Å²) in [5, 5.41) is 5.36. The van der Waals surface area contributed by atoms with Gasteiger partial charge in [-0.05, 0) is 85.8 Å². The van der Waals surface area contributed by atoms with Crippen LogP contribution in [-0.4, -0.2) is 93.1 Å². The molecule has 2 aliphatic heterocycles. The molecule has 4 amide bonds. The summed E-state index contributed by atoms with van der Waals surface area (Å²) in [6, 6.07) is 13.6. The highest BCUT2D eigenvalue weighted by Crippen LogP contribution is 2.35. The van der Waals surface area contributed by atoms with Gasteiger partial charge in [0.05, 0.1) is 50.0 Å². The second-order valence-electron chi connectivity index (χ2n) is 15.8. The van der Waals surface area contributed by atoms with Gasteiger partial charge < -0.3 is 44.6 Å². The largest absolute Gasteiger partial charge is 0.485 e. The number of halogens is 2. The molecule has 5 atom stereocenters. The first-order chi connectivity index (χ1) is 29.4. The van der Waals surface area contributed by atoms with E-state index in [4.69, 9.17) is 19.2 Å². The van der Waals surface area contributed by atoms with E-state index in [1.165, 1.54) is 14.2 Å². The number of ether oxygens (including phenoxy) is 3. The quantitative estimate of drug-likeness (QED) is 0.106. The minimum Gasteiger partial charge on any atom is -0.485 e. The average Bonchev–Trinajstić information content (AvgIpc) is 4.10. The van der Waals surface area contributed by atoms with E-state index in [2.05, 4.69) is 49.3 Å². The predicted molar refractivity (Wildman–Crippen MR) is 242 cm³/mol. The number of H-pyrrole nitrogens is 2. The molecule has 2 fully saturated rings. The number of aromatic nitrogens is 4. The second-order valence-corrected chi connectivity index (χ2v) is 15.8. The fourth-order valence-corrected chi connectivity index (χ4v) is 7.68. The number of alkyl carbamates (subject to hydrolysis) is 2. The van der Waals surface area contributed by atoms with E-state index in [0.29, 0.717) is 41.7 Å². The SMILES string of the molecule is COC(=O)NC(C(=O)N1CCCC1c1ncc(C#CC#Cc2ccc(-c3cnc(C4CCCN4C(=O)[C@@H](NC(=O)OC)C(C)C)[nH]3)cc2O[C@H](C)c2ccccc2)[nH]1)C(C)C.Cl.Cl. The van der Waals surface area contributed by atoms with Crippen molar-refractivity contribution in [1.29, 1.82) is 0 Å². The van der Waals surface area contributed by atoms with Crippen LogP contribution < -0.4 is 15.4 Å². The Kier molecular flexibility index (Phi) is 17.9. The lowest BCUT2D eigenvalue weighted by Crippen LogP contribution is -2.51. The Bertz CT molecular complexity index is 2330. The van der Waals surface area contributed by atoms with Gasteiger partial charge in [-0.1, -0.05) is 64.1 Å². The van der Waals surface area contributed by atoms with Crippen LogP contribution in [-0.2, 0) is 19.1 Å². The minimum atomic E-state index is -0.730. The lowest BCUT2D eigenvalue weighted by atomic mass is 10.0. The zero-order valence-electron chi connectivity index (χ0n) is 36.5. The molecule has 2 aromatic carbocycles. The Balaban J connectivity index is 0.00000436. The number of carbonyl (C=O) groups is 4. The average molecular weight is 904 g/mol. The van der Waals surface area contributed by atoms with Gasteiger partial charge in [-0.25, -0.2) is 19.6 Å². The van der Waals surface area contributed by atoms with Crippen LogP contribution in [0.2, 0.25) is 0 Å². The lowest BCUT2D eigenvalue weighted by molar-refractivity contribution is -0.136. The molecule has 15 nitrogen and oxygen atoms in total. The maximum atomic E-state index is 13.7. The minimum absolute atomic E-state index is 0. The highest BCUT2D eigenvalue weighted by Gasteiger charge is 2.39. The summed E-state index contributed by atoms with van der Waals surface area (Å²) >= 11 is 0. The fourth-order valence-electron chi connectivity index (χ4n) is 7.68. The van der Waals surface area contributed by atoms with Crippen molar-refractivity contribution in [2.45, 2.75) is 90.6 Å². The lowest BCUT2D eigenvalue weighted by Gasteiger charge is -2.30. The zero-order valence-corrected chi connectivity index (χ0v) is 38.2. The Morgan fingerprint density at radius 1 is 0.730 bits per heavy atom. The molecule has 4 heterocycles. The smallest absolute Gasteiger partial charge is 0.407 e. The molecule has 3 unspecified atom stereocenters. The van der Waals surface area contributed by atoms with Gasteiger partial charge in [0.15, 0.2) is 0 Å². The standard InChI is InChI=1S/C46H54N8O7.2ClH/c1-28(2)39(51-45(57)59-6)43(55)53-23-13-19-36(53)41-47-26-34(49-41)18-12-11-17-32-21-22-33(25-38(32)61-30(5)31-15-9-8-10-16-31)35-27-48-42(50-35)37-20-14-24-54(37)44(56)40(29(3)4)52-46(58)60-7;;/h8-10,15-16,21-22,25-30,36-37,39-40H,13-14,19-20,23-24H2,1-7H3,(H,47,49)(H,48,50)(H,51,57)(H,52,58);2*1H/t30-,36?,37?,39?,40+;;/m1../s1. The number of nitrogens with one attached hydrogen (secondary N) is 4. The van der Waals surface area contributed by atoms with E-state index in [0.717, 1.165) is 42.5 Å². The van der Waals surface area contributed by atoms with Crippen molar-refractivity contribution in [1.82, 2.24) is 40.4 Å². The van der Waals surface area contributed by atoms with E-state index in [1.807, 2.05) is 83.1 Å². The molecule has 2 aliphatic rings. The fraction of sp³-hybridized carbons (Fsp3) is 0.435. The number of methoxy groups -OCH3 is 2. The molecule has 336 valence electrons. The summed E-state index contributed by atoms with van der Waals surface area (Å²) in [4.78, 5) is 70.7. The Morgan fingerprint density at radius 2 is 1.27 bits per heavy atom. The molecule has 6 rings (SSSR count). The Hall–Kier alpha value is -6.16. The van der Waals surface area contributed by atoms with Crippen LogP contribution in [0.3, 0.4) is 0 Å². The monoisotopic (exact) mass is 902 g/mol. The molecule has 4 aromatic rings. The van der Waals surface area contributed by atoms with Crippen LogP contribution in [0.25, 0.3) is 11.3 Å². The molecule has 17 heteroatoms. The molecule has 0 bridgehead atoms. The molecule has 0 aliphatic carbocycles. The number of imidazole rings is 2. The molecule has 63 heavy (non-hydrogen) atoms. The van der Waals surface area contributed by atoms with Gasteiger partial charge in [0, 0.05) is 18.7 Å². The first-order valence-corrected chi connectivity index (χ1v) is 20.7. The van der Waals surface area contributed by atoms with Crippen LogP contribution in [0.15, 0.2) is 60.9 Å². The molecule has 0 saturated carbocycles. The molecule has 4 N–H and O–H groups in total. The van der Waals surface area contributed by atoms with E-state index < -0.39 is 24.3 Å². The summed E-state index contributed by atoms with van der Waals surface area (Å²) in [6.45, 7) is 10.6. The van der Waals surface area contributed by atoms with E-state index in [9.17, 15) is 19.2 Å². The third-order valence-electron chi connectivity index (χ3n) is 11.0. The van der Waals surface area contributed by atoms with Crippen molar-refractivity contribution < 1.29 is 33.4 Å². The van der Waals surface area contributed by atoms with E-state index in [1.54, 1.807) is 22.2 Å². The molecule has 2 aromatic heterocycles. The van der Waals surface area contributed by atoms with Crippen LogP contribution in [0.1, 0.15) is 107 Å². The third-order valence-corrected chi connectivity index (χ3v) is 11.0. The summed E-state index contributed by atoms with van der Waals surface area (Å²) in [5.41, 5.74) is 3.75. The van der Waals surface area contributed by atoms with Crippen molar-refractivity contribution >= 4 is 48.8 Å². The Morgan fingerprint density at radius 3 is 1.83 bits per heavy atom. The summed E-state index contributed by atoms with van der Waals surface area (Å²) in [7, 11) is 2.55. The van der Waals surface area contributed by atoms with Gasteiger partial charge in [0.2, 0.25) is 11.8 Å². The van der Waals surface area contributed by atoms with Gasteiger partial charge in [0.25, 0.3) is 0 Å². The maximum absolute atomic E-state index is 13.7. The number of amides is 4. The van der Waals surface area contributed by atoms with Crippen molar-refractivity contribution in [3.63, 3.8) is 0 Å². The number of rotatable bonds is 12. The Labute approximate surface area is 381 Å². The van der Waals surface area contributed by atoms with E-state index >= 15 is 0 Å². The normalized spacial score (nSPS) is 16.8. The molecule has 2 saturated heterocycles. The van der Waals surface area contributed by atoms with Crippen LogP contribution in [0.5, 0.6) is 5.75 Å². The molecule has 0 spiro atoms. The van der Waals surface area contributed by atoms with Gasteiger partial charge >= 0.3 is 12.2 Å². The second kappa shape index (κ2) is 22.8. The van der Waals surface area contributed by atoms with Crippen LogP contribution in [0.4, 0.5) is 9.59 Å². The number of benzene rings is 2. The number of hydrogen-bond acceptors (Lipinski definition) is 9. The van der Waals surface area contributed by atoms with Crippen LogP contribution in [0, 0.1) is 35.5 Å². The van der Waals surface area contributed by atoms with Crippen molar-refractivity contribution in [2.24, 2.45) is 11.8 Å². The topological polar surface area (TPSA) is 184 Å². The number of nitrogens with zero attached hydrogens (tertiary/aromatic N) is 4. The van der Waals surface area contributed by atoms with Gasteiger partial charge in [-0.15, -0.1) is 24.8 Å². The van der Waals surface area contributed by atoms with Crippen LogP contribution >= 0.6 is 24.8 Å². The number of hydrogen-bond donors (Lipinski definition) is 4. The van der Waals surface area contributed by atoms with Crippen molar-refractivity contribution in [3.8, 4) is 40.7 Å². The summed E-state index contributed by atoms with van der Waals surface area (Å²) < 4.78 is 16.1. The third kappa shape index (κ3) is 12.1. The number of carbonyl (C=O) groups excluding carboxylic acids is 4. The summed E-state index contributed by atoms with van der Waals surface area (Å²) in [5.74, 6) is 13.3. The predicted octanol–water partition coefficient (Wildman–Crippen LogP) is 7.27. The maximum Gasteiger partial charge on any atom is 0.407 e. The molecule has 0 radical (unpaired) electrons. The zero-order chi connectivity index (χ0) is 43.6. The van der Waals surface area contributed by atoms with E-state index in [-0.39, 0.29) is 66.7 Å². The van der Waals surface area contributed by atoms with Crippen molar-refractivity contribution in [3.05, 3.63) is 89.4 Å². The summed E-state index contributed by atoms with van der Waals surface area (Å²) in [6.07, 6.45) is 4.85. The van der Waals surface area contributed by atoms with Gasteiger partial charge in [-0.2, -0.15) is 0 Å². The highest BCUT2D eigenvalue weighted by molar-refractivity contribution is 5.87. The number of aromatic amines is 2. The molecular formula is C46H56Cl2N8O7. The van der Waals surface area contributed by atoms with Crippen molar-refractivity contribution in [2.75, 3.05) is 27.3 Å². The molecular weight excluding hydrogens is 847 g/mol. The highest BCUT2D eigenvalue weighted by atomic mass is 35.5. The number of likely N-dealkylation sites (tertiary alicyclic amines) is 2. The van der Waals surface area contributed by atoms with Gasteiger partial charge in [0.1, 0.15) is 41.3 Å². The first-order valence-electron chi connectivity index (χ1n) is 20.7.